The first kappa shape index (κ1) is 16.3. The molecule has 1 saturated heterocycles. The van der Waals surface area contributed by atoms with Gasteiger partial charge in [0, 0.05) is 6.54 Å². The SMILES string of the molecule is Cc1ccc(C(=O)O)cc1S(=O)(=O)NCC1CCSCC1. The van der Waals surface area contributed by atoms with E-state index < -0.39 is 16.0 Å². The lowest BCUT2D eigenvalue weighted by Gasteiger charge is -2.21. The van der Waals surface area contributed by atoms with Gasteiger partial charge in [0.05, 0.1) is 10.5 Å². The number of hydrogen-bond acceptors (Lipinski definition) is 4. The maximum absolute atomic E-state index is 12.4. The minimum absolute atomic E-state index is 0.0185. The standard InChI is InChI=1S/C14H19NO4S2/c1-10-2-3-12(14(16)17)8-13(10)21(18,19)15-9-11-4-6-20-7-5-11/h2-3,8,11,15H,4-7,9H2,1H3,(H,16,17). The zero-order valence-electron chi connectivity index (χ0n) is 11.8. The molecule has 0 atom stereocenters. The largest absolute Gasteiger partial charge is 0.478 e. The smallest absolute Gasteiger partial charge is 0.335 e. The molecule has 0 unspecified atom stereocenters. The first-order valence-electron chi connectivity index (χ1n) is 6.81. The summed E-state index contributed by atoms with van der Waals surface area (Å²) in [6, 6.07) is 4.15. The molecule has 2 rings (SSSR count). The van der Waals surface area contributed by atoms with Crippen molar-refractivity contribution in [1.29, 1.82) is 0 Å². The Morgan fingerprint density at radius 3 is 2.67 bits per heavy atom. The molecule has 0 spiro atoms. The van der Waals surface area contributed by atoms with E-state index in [1.807, 2.05) is 11.8 Å². The molecular formula is C14H19NO4S2. The van der Waals surface area contributed by atoms with Crippen molar-refractivity contribution < 1.29 is 18.3 Å². The molecule has 0 aromatic heterocycles. The summed E-state index contributed by atoms with van der Waals surface area (Å²) in [6.45, 7) is 2.08. The molecule has 1 aliphatic rings. The molecule has 1 fully saturated rings. The van der Waals surface area contributed by atoms with Crippen LogP contribution in [0.2, 0.25) is 0 Å². The van der Waals surface area contributed by atoms with Crippen LogP contribution in [-0.2, 0) is 10.0 Å². The molecule has 0 bridgehead atoms. The molecular weight excluding hydrogens is 310 g/mol. The summed E-state index contributed by atoms with van der Waals surface area (Å²) in [5, 5.41) is 8.98. The third-order valence-electron chi connectivity index (χ3n) is 3.63. The Balaban J connectivity index is 2.14. The number of carboxylic acids is 1. The van der Waals surface area contributed by atoms with Gasteiger partial charge in [0.1, 0.15) is 0 Å². The van der Waals surface area contributed by atoms with Crippen molar-refractivity contribution >= 4 is 27.8 Å². The van der Waals surface area contributed by atoms with E-state index in [0.29, 0.717) is 18.0 Å². The van der Waals surface area contributed by atoms with Crippen LogP contribution in [0.1, 0.15) is 28.8 Å². The van der Waals surface area contributed by atoms with Gasteiger partial charge in [-0.3, -0.25) is 0 Å². The van der Waals surface area contributed by atoms with Crippen LogP contribution in [0.15, 0.2) is 23.1 Å². The summed E-state index contributed by atoms with van der Waals surface area (Å²) in [4.78, 5) is 11.0. The lowest BCUT2D eigenvalue weighted by atomic mass is 10.0. The molecule has 5 nitrogen and oxygen atoms in total. The van der Waals surface area contributed by atoms with Crippen LogP contribution in [0.4, 0.5) is 0 Å². The van der Waals surface area contributed by atoms with Crippen LogP contribution in [0.5, 0.6) is 0 Å². The van der Waals surface area contributed by atoms with Gasteiger partial charge in [-0.1, -0.05) is 6.07 Å². The number of thioether (sulfide) groups is 1. The van der Waals surface area contributed by atoms with Crippen LogP contribution in [0.3, 0.4) is 0 Å². The summed E-state index contributed by atoms with van der Waals surface area (Å²) < 4.78 is 27.3. The highest BCUT2D eigenvalue weighted by molar-refractivity contribution is 7.99. The van der Waals surface area contributed by atoms with Gasteiger partial charge in [-0.05, 0) is 54.9 Å². The molecule has 116 valence electrons. The maximum atomic E-state index is 12.4. The van der Waals surface area contributed by atoms with Gasteiger partial charge in [-0.25, -0.2) is 17.9 Å². The Hall–Kier alpha value is -1.05. The van der Waals surface area contributed by atoms with Crippen molar-refractivity contribution in [1.82, 2.24) is 4.72 Å². The molecule has 1 aromatic carbocycles. The molecule has 1 aliphatic heterocycles. The van der Waals surface area contributed by atoms with E-state index in [4.69, 9.17) is 5.11 Å². The average Bonchev–Trinajstić information content (AvgIpc) is 2.46. The van der Waals surface area contributed by atoms with Crippen LogP contribution < -0.4 is 4.72 Å². The molecule has 2 N–H and O–H groups in total. The normalized spacial score (nSPS) is 16.8. The second kappa shape index (κ2) is 6.81. The third kappa shape index (κ3) is 4.21. The molecule has 1 aromatic rings. The number of benzene rings is 1. The van der Waals surface area contributed by atoms with Gasteiger partial charge in [0.15, 0.2) is 0 Å². The molecule has 0 amide bonds. The van der Waals surface area contributed by atoms with Gasteiger partial charge in [0.25, 0.3) is 0 Å². The van der Waals surface area contributed by atoms with Crippen molar-refractivity contribution in [3.8, 4) is 0 Å². The second-order valence-corrected chi connectivity index (χ2v) is 8.15. The third-order valence-corrected chi connectivity index (χ3v) is 6.24. The van der Waals surface area contributed by atoms with Crippen molar-refractivity contribution in [3.05, 3.63) is 29.3 Å². The first-order valence-corrected chi connectivity index (χ1v) is 9.45. The van der Waals surface area contributed by atoms with E-state index in [-0.39, 0.29) is 10.5 Å². The molecule has 0 radical (unpaired) electrons. The minimum Gasteiger partial charge on any atom is -0.478 e. The highest BCUT2D eigenvalue weighted by Crippen LogP contribution is 2.23. The average molecular weight is 329 g/mol. The zero-order valence-corrected chi connectivity index (χ0v) is 13.5. The van der Waals surface area contributed by atoms with Gasteiger partial charge in [0.2, 0.25) is 10.0 Å². The van der Waals surface area contributed by atoms with Crippen molar-refractivity contribution in [3.63, 3.8) is 0 Å². The number of carbonyl (C=O) groups is 1. The monoisotopic (exact) mass is 329 g/mol. The Morgan fingerprint density at radius 2 is 2.05 bits per heavy atom. The number of aromatic carboxylic acids is 1. The Labute approximate surface area is 129 Å². The van der Waals surface area contributed by atoms with Crippen molar-refractivity contribution in [2.24, 2.45) is 5.92 Å². The Bertz CT molecular complexity index is 622. The lowest BCUT2D eigenvalue weighted by molar-refractivity contribution is 0.0696. The number of sulfonamides is 1. The Kier molecular flexibility index (Phi) is 5.29. The number of nitrogens with one attached hydrogen (secondary N) is 1. The second-order valence-electron chi connectivity index (χ2n) is 5.19. The van der Waals surface area contributed by atoms with Crippen molar-refractivity contribution in [2.75, 3.05) is 18.1 Å². The predicted molar refractivity (Wildman–Crippen MR) is 83.4 cm³/mol. The molecule has 0 saturated carbocycles. The number of hydrogen-bond donors (Lipinski definition) is 2. The van der Waals surface area contributed by atoms with E-state index >= 15 is 0 Å². The maximum Gasteiger partial charge on any atom is 0.335 e. The summed E-state index contributed by atoms with van der Waals surface area (Å²) in [5.41, 5.74) is 0.529. The van der Waals surface area contributed by atoms with Gasteiger partial charge in [-0.2, -0.15) is 11.8 Å². The fourth-order valence-corrected chi connectivity index (χ4v) is 4.87. The van der Waals surface area contributed by atoms with Crippen LogP contribution in [0.25, 0.3) is 0 Å². The highest BCUT2D eigenvalue weighted by Gasteiger charge is 2.21. The number of aryl methyl sites for hydroxylation is 1. The van der Waals surface area contributed by atoms with Gasteiger partial charge >= 0.3 is 5.97 Å². The summed E-state index contributed by atoms with van der Waals surface area (Å²) >= 11 is 1.89. The quantitative estimate of drug-likeness (QED) is 0.864. The molecule has 21 heavy (non-hydrogen) atoms. The van der Waals surface area contributed by atoms with E-state index in [2.05, 4.69) is 4.72 Å². The summed E-state index contributed by atoms with van der Waals surface area (Å²) in [7, 11) is -3.67. The first-order chi connectivity index (χ1) is 9.90. The van der Waals surface area contributed by atoms with Crippen LogP contribution in [-0.4, -0.2) is 37.5 Å². The molecule has 7 heteroatoms. The number of carboxylic acid groups (broad SMARTS) is 1. The highest BCUT2D eigenvalue weighted by atomic mass is 32.2. The summed E-state index contributed by atoms with van der Waals surface area (Å²) in [6.07, 6.45) is 2.03. The van der Waals surface area contributed by atoms with Crippen LogP contribution >= 0.6 is 11.8 Å². The van der Waals surface area contributed by atoms with Gasteiger partial charge < -0.3 is 5.11 Å². The molecule has 0 aliphatic carbocycles. The topological polar surface area (TPSA) is 83.5 Å². The fourth-order valence-electron chi connectivity index (χ4n) is 2.28. The van der Waals surface area contributed by atoms with Gasteiger partial charge in [-0.15, -0.1) is 0 Å². The van der Waals surface area contributed by atoms with E-state index in [0.717, 1.165) is 24.3 Å². The number of rotatable bonds is 5. The van der Waals surface area contributed by atoms with E-state index in [9.17, 15) is 13.2 Å². The van der Waals surface area contributed by atoms with Crippen molar-refractivity contribution in [2.45, 2.75) is 24.7 Å². The fraction of sp³-hybridized carbons (Fsp3) is 0.500. The predicted octanol–water partition coefficient (Wildman–Crippen LogP) is 2.11. The van der Waals surface area contributed by atoms with E-state index in [1.165, 1.54) is 18.2 Å². The molecule has 1 heterocycles. The summed E-state index contributed by atoms with van der Waals surface area (Å²) in [5.74, 6) is 1.37. The van der Waals surface area contributed by atoms with E-state index in [1.54, 1.807) is 6.92 Å². The lowest BCUT2D eigenvalue weighted by Crippen LogP contribution is -2.31. The zero-order chi connectivity index (χ0) is 15.5. The Morgan fingerprint density at radius 1 is 1.38 bits per heavy atom. The minimum atomic E-state index is -3.67. The van der Waals surface area contributed by atoms with Crippen LogP contribution in [0, 0.1) is 12.8 Å².